The minimum absolute atomic E-state index is 0.0372. The van der Waals surface area contributed by atoms with E-state index >= 15 is 0 Å². The molecule has 0 bridgehead atoms. The van der Waals surface area contributed by atoms with Gasteiger partial charge in [0.15, 0.2) is 0 Å². The fourth-order valence-electron chi connectivity index (χ4n) is 1.36. The number of rotatable bonds is 3. The van der Waals surface area contributed by atoms with Crippen molar-refractivity contribution in [2.45, 2.75) is 52.2 Å². The molecule has 2 heteroatoms. The summed E-state index contributed by atoms with van der Waals surface area (Å²) in [6.07, 6.45) is 0.0372. The lowest BCUT2D eigenvalue weighted by atomic mass is 9.87. The zero-order valence-electron chi connectivity index (χ0n) is 10.9. The molecule has 2 atom stereocenters. The Morgan fingerprint density at radius 3 is 2.31 bits per heavy atom. The molecule has 1 aromatic carbocycles. The minimum atomic E-state index is 0.0372. The first-order valence-electron chi connectivity index (χ1n) is 5.83. The lowest BCUT2D eigenvalue weighted by Gasteiger charge is -2.22. The van der Waals surface area contributed by atoms with Crippen LogP contribution in [0.3, 0.4) is 0 Å². The van der Waals surface area contributed by atoms with Crippen molar-refractivity contribution in [1.29, 1.82) is 0 Å². The molecule has 0 fully saturated rings. The van der Waals surface area contributed by atoms with Gasteiger partial charge in [-0.3, -0.25) is 0 Å². The molecular weight excluding hydrogens is 198 g/mol. The third kappa shape index (κ3) is 3.53. The number of benzene rings is 1. The SMILES string of the molecule is CC(Oc1cccc(C(C)(C)C)c1)[C@H](C)N. The second kappa shape index (κ2) is 4.88. The molecule has 0 aromatic heterocycles. The van der Waals surface area contributed by atoms with E-state index in [2.05, 4.69) is 32.9 Å². The topological polar surface area (TPSA) is 35.2 Å². The molecule has 16 heavy (non-hydrogen) atoms. The van der Waals surface area contributed by atoms with E-state index in [-0.39, 0.29) is 17.6 Å². The van der Waals surface area contributed by atoms with Gasteiger partial charge in [-0.1, -0.05) is 32.9 Å². The average molecular weight is 221 g/mol. The fourth-order valence-corrected chi connectivity index (χ4v) is 1.36. The summed E-state index contributed by atoms with van der Waals surface area (Å²) in [6, 6.07) is 8.28. The molecule has 0 aliphatic carbocycles. The molecule has 2 N–H and O–H groups in total. The summed E-state index contributed by atoms with van der Waals surface area (Å²) in [5, 5.41) is 0. The molecule has 0 radical (unpaired) electrons. The van der Waals surface area contributed by atoms with E-state index in [0.717, 1.165) is 5.75 Å². The first-order chi connectivity index (χ1) is 7.30. The quantitative estimate of drug-likeness (QED) is 0.851. The van der Waals surface area contributed by atoms with Gasteiger partial charge in [0.2, 0.25) is 0 Å². The molecule has 2 nitrogen and oxygen atoms in total. The summed E-state index contributed by atoms with van der Waals surface area (Å²) in [5.74, 6) is 0.900. The van der Waals surface area contributed by atoms with Gasteiger partial charge in [-0.05, 0) is 37.0 Å². The smallest absolute Gasteiger partial charge is 0.120 e. The van der Waals surface area contributed by atoms with E-state index in [4.69, 9.17) is 10.5 Å². The molecule has 0 saturated carbocycles. The Bertz CT molecular complexity index is 339. The summed E-state index contributed by atoms with van der Waals surface area (Å²) >= 11 is 0. The van der Waals surface area contributed by atoms with Crippen LogP contribution < -0.4 is 10.5 Å². The van der Waals surface area contributed by atoms with Gasteiger partial charge < -0.3 is 10.5 Å². The van der Waals surface area contributed by atoms with Crippen LogP contribution in [-0.2, 0) is 5.41 Å². The highest BCUT2D eigenvalue weighted by molar-refractivity contribution is 5.32. The van der Waals surface area contributed by atoms with E-state index in [9.17, 15) is 0 Å². The monoisotopic (exact) mass is 221 g/mol. The second-order valence-corrected chi connectivity index (χ2v) is 5.46. The van der Waals surface area contributed by atoms with Crippen molar-refractivity contribution in [2.75, 3.05) is 0 Å². The van der Waals surface area contributed by atoms with Crippen LogP contribution >= 0.6 is 0 Å². The van der Waals surface area contributed by atoms with E-state index in [1.807, 2.05) is 26.0 Å². The molecular formula is C14H23NO. The normalized spacial score (nSPS) is 15.6. The molecule has 0 heterocycles. The van der Waals surface area contributed by atoms with Gasteiger partial charge in [-0.25, -0.2) is 0 Å². The molecule has 1 rings (SSSR count). The summed E-state index contributed by atoms with van der Waals surface area (Å²) in [5.41, 5.74) is 7.21. The first-order valence-corrected chi connectivity index (χ1v) is 5.83. The Hall–Kier alpha value is -1.02. The molecule has 0 spiro atoms. The zero-order chi connectivity index (χ0) is 12.3. The van der Waals surface area contributed by atoms with E-state index in [1.165, 1.54) is 5.56 Å². The molecule has 1 aromatic rings. The Morgan fingerprint density at radius 1 is 1.19 bits per heavy atom. The summed E-state index contributed by atoms with van der Waals surface area (Å²) in [6.45, 7) is 10.5. The van der Waals surface area contributed by atoms with Crippen LogP contribution in [-0.4, -0.2) is 12.1 Å². The third-order valence-electron chi connectivity index (χ3n) is 2.76. The predicted octanol–water partition coefficient (Wildman–Crippen LogP) is 3.10. The minimum Gasteiger partial charge on any atom is -0.489 e. The van der Waals surface area contributed by atoms with Crippen molar-refractivity contribution in [2.24, 2.45) is 5.73 Å². The predicted molar refractivity (Wildman–Crippen MR) is 68.9 cm³/mol. The van der Waals surface area contributed by atoms with Gasteiger partial charge in [-0.15, -0.1) is 0 Å². The second-order valence-electron chi connectivity index (χ2n) is 5.46. The zero-order valence-corrected chi connectivity index (χ0v) is 10.9. The van der Waals surface area contributed by atoms with Crippen LogP contribution in [0.25, 0.3) is 0 Å². The van der Waals surface area contributed by atoms with Crippen LogP contribution in [0.4, 0.5) is 0 Å². The van der Waals surface area contributed by atoms with Gasteiger partial charge >= 0.3 is 0 Å². The molecule has 0 saturated heterocycles. The maximum atomic E-state index is 5.79. The Kier molecular flexibility index (Phi) is 3.98. The largest absolute Gasteiger partial charge is 0.489 e. The maximum Gasteiger partial charge on any atom is 0.120 e. The van der Waals surface area contributed by atoms with Crippen LogP contribution in [0, 0.1) is 0 Å². The lowest BCUT2D eigenvalue weighted by Crippen LogP contribution is -2.33. The molecule has 90 valence electrons. The van der Waals surface area contributed by atoms with Crippen molar-refractivity contribution in [3.63, 3.8) is 0 Å². The number of hydrogen-bond acceptors (Lipinski definition) is 2. The van der Waals surface area contributed by atoms with Crippen molar-refractivity contribution in [3.05, 3.63) is 29.8 Å². The number of hydrogen-bond donors (Lipinski definition) is 1. The summed E-state index contributed by atoms with van der Waals surface area (Å²) in [7, 11) is 0. The van der Waals surface area contributed by atoms with Crippen molar-refractivity contribution in [3.8, 4) is 5.75 Å². The van der Waals surface area contributed by atoms with Crippen molar-refractivity contribution < 1.29 is 4.74 Å². The molecule has 1 unspecified atom stereocenters. The van der Waals surface area contributed by atoms with Gasteiger partial charge in [0.1, 0.15) is 11.9 Å². The summed E-state index contributed by atoms with van der Waals surface area (Å²) < 4.78 is 5.79. The average Bonchev–Trinajstić information content (AvgIpc) is 2.16. The highest BCUT2D eigenvalue weighted by Crippen LogP contribution is 2.26. The van der Waals surface area contributed by atoms with Gasteiger partial charge in [0.25, 0.3) is 0 Å². The van der Waals surface area contributed by atoms with E-state index in [1.54, 1.807) is 0 Å². The van der Waals surface area contributed by atoms with Gasteiger partial charge in [-0.2, -0.15) is 0 Å². The first kappa shape index (κ1) is 13.0. The van der Waals surface area contributed by atoms with E-state index < -0.39 is 0 Å². The van der Waals surface area contributed by atoms with Gasteiger partial charge in [0, 0.05) is 6.04 Å². The highest BCUT2D eigenvalue weighted by atomic mass is 16.5. The van der Waals surface area contributed by atoms with Crippen LogP contribution in [0.5, 0.6) is 5.75 Å². The number of nitrogens with two attached hydrogens (primary N) is 1. The third-order valence-corrected chi connectivity index (χ3v) is 2.76. The van der Waals surface area contributed by atoms with Crippen LogP contribution in [0.2, 0.25) is 0 Å². The Balaban J connectivity index is 2.83. The molecule has 0 aliphatic rings. The lowest BCUT2D eigenvalue weighted by molar-refractivity contribution is 0.196. The van der Waals surface area contributed by atoms with E-state index in [0.29, 0.717) is 0 Å². The Morgan fingerprint density at radius 2 is 1.81 bits per heavy atom. The number of ether oxygens (including phenoxy) is 1. The molecule has 0 aliphatic heterocycles. The van der Waals surface area contributed by atoms with Crippen LogP contribution in [0.15, 0.2) is 24.3 Å². The highest BCUT2D eigenvalue weighted by Gasteiger charge is 2.15. The van der Waals surface area contributed by atoms with Crippen molar-refractivity contribution in [1.82, 2.24) is 0 Å². The van der Waals surface area contributed by atoms with Crippen LogP contribution in [0.1, 0.15) is 40.2 Å². The molecule has 0 amide bonds. The standard InChI is InChI=1S/C14H23NO/c1-10(15)11(2)16-13-8-6-7-12(9-13)14(3,4)5/h6-11H,15H2,1-5H3/t10-,11?/m0/s1. The Labute approximate surface area is 98.8 Å². The van der Waals surface area contributed by atoms with Gasteiger partial charge in [0.05, 0.1) is 0 Å². The fraction of sp³-hybridized carbons (Fsp3) is 0.571. The maximum absolute atomic E-state index is 5.79. The summed E-state index contributed by atoms with van der Waals surface area (Å²) in [4.78, 5) is 0. The van der Waals surface area contributed by atoms with Crippen molar-refractivity contribution >= 4 is 0 Å².